The van der Waals surface area contributed by atoms with Crippen molar-refractivity contribution in [1.29, 1.82) is 0 Å². The maximum atomic E-state index is 9.59. The van der Waals surface area contributed by atoms with Gasteiger partial charge in [0.15, 0.2) is 0 Å². The molecule has 0 aromatic heterocycles. The maximum Gasteiger partial charge on any atom is 0.316 e. The van der Waals surface area contributed by atoms with Crippen molar-refractivity contribution in [2.75, 3.05) is 0 Å². The first-order chi connectivity index (χ1) is 2.77. The molecule has 3 nitrogen and oxygen atoms in total. The summed E-state index contributed by atoms with van der Waals surface area (Å²) >= 11 is 0. The average Bonchev–Trinajstić information content (AvgIpc) is 1.35. The Labute approximate surface area is 93.3 Å². The van der Waals surface area contributed by atoms with Gasteiger partial charge in [-0.3, -0.25) is 9.59 Å². The number of carbonyl (C=O) groups excluding carboxylic acids is 2. The van der Waals surface area contributed by atoms with Crippen molar-refractivity contribution in [2.45, 2.75) is 6.92 Å². The molecular formula is C3H8CaMgO3. The van der Waals surface area contributed by atoms with Crippen molar-refractivity contribution in [2.24, 2.45) is 0 Å². The zero-order valence-corrected chi connectivity index (χ0v) is 3.30. The average molecular weight is 156 g/mol. The molecule has 0 aromatic carbocycles. The minimum absolute atomic E-state index is 0. The van der Waals surface area contributed by atoms with E-state index in [9.17, 15) is 9.59 Å². The smallest absolute Gasteiger partial charge is 0.316 e. The topological polar surface area (TPSA) is 43.4 Å². The van der Waals surface area contributed by atoms with E-state index in [0.29, 0.717) is 0 Å². The standard InChI is InChI=1S/C3H4O3.Ca.Mg.4H/c1-3(5)6-2-4;;;;;;/h2H,1H3;;;;;;. The molecule has 0 N–H and O–H groups in total. The van der Waals surface area contributed by atoms with Crippen LogP contribution in [0.1, 0.15) is 6.92 Å². The summed E-state index contributed by atoms with van der Waals surface area (Å²) in [6.07, 6.45) is 0. The second kappa shape index (κ2) is 11.0. The van der Waals surface area contributed by atoms with Crippen LogP contribution in [-0.2, 0) is 14.3 Å². The predicted molar refractivity (Wildman–Crippen MR) is 34.9 cm³/mol. The van der Waals surface area contributed by atoms with E-state index >= 15 is 0 Å². The van der Waals surface area contributed by atoms with E-state index in [2.05, 4.69) is 4.74 Å². The fourth-order valence-electron chi connectivity index (χ4n) is 0.0678. The third-order valence-corrected chi connectivity index (χ3v) is 0.214. The van der Waals surface area contributed by atoms with E-state index in [1.165, 1.54) is 0 Å². The molecule has 0 aliphatic rings. The Morgan fingerprint density at radius 1 is 1.62 bits per heavy atom. The van der Waals surface area contributed by atoms with Crippen molar-refractivity contribution in [3.8, 4) is 0 Å². The summed E-state index contributed by atoms with van der Waals surface area (Å²) in [6, 6.07) is 0. The summed E-state index contributed by atoms with van der Waals surface area (Å²) in [5.41, 5.74) is 0. The van der Waals surface area contributed by atoms with Crippen molar-refractivity contribution in [3.63, 3.8) is 0 Å². The molecular weight excluding hydrogens is 148 g/mol. The van der Waals surface area contributed by atoms with Crippen LogP contribution in [0.25, 0.3) is 0 Å². The van der Waals surface area contributed by atoms with E-state index in [-0.39, 0.29) is 67.3 Å². The van der Waals surface area contributed by atoms with Crippen LogP contribution in [0.2, 0.25) is 0 Å². The van der Waals surface area contributed by atoms with Crippen LogP contribution in [0.5, 0.6) is 0 Å². The number of hydrogen-bond donors (Lipinski definition) is 0. The molecule has 0 unspecified atom stereocenters. The van der Waals surface area contributed by atoms with Gasteiger partial charge < -0.3 is 4.74 Å². The molecule has 8 heavy (non-hydrogen) atoms. The number of rotatable bonds is 1. The quantitative estimate of drug-likeness (QED) is 0.189. The second-order valence-electron chi connectivity index (χ2n) is 0.706. The molecule has 0 saturated heterocycles. The van der Waals surface area contributed by atoms with Crippen LogP contribution in [-0.4, -0.2) is 73.2 Å². The Hall–Kier alpha value is 1.17. The minimum Gasteiger partial charge on any atom is 0.316 e. The Morgan fingerprint density at radius 2 is 2.00 bits per heavy atom. The monoisotopic (exact) mass is 156 g/mol. The van der Waals surface area contributed by atoms with Crippen LogP contribution in [0.4, 0.5) is 0 Å². The van der Waals surface area contributed by atoms with Crippen molar-refractivity contribution < 1.29 is 14.3 Å². The molecule has 5 heteroatoms. The van der Waals surface area contributed by atoms with Crippen molar-refractivity contribution in [3.05, 3.63) is 0 Å². The van der Waals surface area contributed by atoms with Crippen molar-refractivity contribution >= 4 is 73.2 Å². The van der Waals surface area contributed by atoms with E-state index in [4.69, 9.17) is 0 Å². The zero-order valence-electron chi connectivity index (χ0n) is 3.30. The number of esters is 1. The largest absolute Gasteiger partial charge is 0.316 e. The first-order valence-electron chi connectivity index (χ1n) is 1.38. The zero-order chi connectivity index (χ0) is 4.99. The molecule has 0 aromatic rings. The van der Waals surface area contributed by atoms with Gasteiger partial charge in [0.1, 0.15) is 0 Å². The summed E-state index contributed by atoms with van der Waals surface area (Å²) in [4.78, 5) is 18.8. The predicted octanol–water partition coefficient (Wildman–Crippen LogP) is -2.13. The van der Waals surface area contributed by atoms with Gasteiger partial charge in [-0.2, -0.15) is 0 Å². The number of carbonyl (C=O) groups is 2. The van der Waals surface area contributed by atoms with Crippen LogP contribution in [0.15, 0.2) is 0 Å². The van der Waals surface area contributed by atoms with Crippen LogP contribution < -0.4 is 0 Å². The Balaban J connectivity index is -0.000000125. The van der Waals surface area contributed by atoms with E-state index in [1.807, 2.05) is 0 Å². The molecule has 0 fully saturated rings. The molecule has 0 rings (SSSR count). The van der Waals surface area contributed by atoms with E-state index < -0.39 is 5.97 Å². The van der Waals surface area contributed by atoms with Crippen LogP contribution >= 0.6 is 0 Å². The van der Waals surface area contributed by atoms with Gasteiger partial charge in [0.05, 0.1) is 0 Å². The van der Waals surface area contributed by atoms with Gasteiger partial charge >= 0.3 is 73.2 Å². The van der Waals surface area contributed by atoms with E-state index in [0.717, 1.165) is 6.92 Å². The summed E-state index contributed by atoms with van der Waals surface area (Å²) < 4.78 is 3.72. The Morgan fingerprint density at radius 3 is 2.00 bits per heavy atom. The van der Waals surface area contributed by atoms with E-state index in [1.54, 1.807) is 0 Å². The van der Waals surface area contributed by atoms with Gasteiger partial charge in [-0.25, -0.2) is 0 Å². The van der Waals surface area contributed by atoms with Gasteiger partial charge in [0, 0.05) is 6.92 Å². The van der Waals surface area contributed by atoms with Gasteiger partial charge in [0.25, 0.3) is 0 Å². The molecule has 0 atom stereocenters. The first-order valence-corrected chi connectivity index (χ1v) is 1.38. The summed E-state index contributed by atoms with van der Waals surface area (Å²) in [6.45, 7) is 1.26. The fourth-order valence-corrected chi connectivity index (χ4v) is 0.0678. The number of hydrogen-bond acceptors (Lipinski definition) is 3. The minimum atomic E-state index is -0.579. The normalized spacial score (nSPS) is 5.12. The molecule has 0 radical (unpaired) electrons. The summed E-state index contributed by atoms with van der Waals surface area (Å²) in [5, 5.41) is 0. The summed E-state index contributed by atoms with van der Waals surface area (Å²) in [7, 11) is 0. The Kier molecular flexibility index (Phi) is 22.2. The third-order valence-electron chi connectivity index (χ3n) is 0.214. The molecule has 42 valence electrons. The molecule has 0 heterocycles. The van der Waals surface area contributed by atoms with Crippen LogP contribution in [0.3, 0.4) is 0 Å². The molecule has 0 saturated carbocycles. The van der Waals surface area contributed by atoms with Gasteiger partial charge in [0.2, 0.25) is 0 Å². The van der Waals surface area contributed by atoms with Crippen molar-refractivity contribution in [1.82, 2.24) is 0 Å². The SMILES string of the molecule is CC(=O)OC=O.[CaH2].[MgH2]. The molecule has 0 aliphatic carbocycles. The molecule has 0 aliphatic heterocycles. The fraction of sp³-hybridized carbons (Fsp3) is 0.333. The molecule has 0 spiro atoms. The molecule has 0 bridgehead atoms. The van der Waals surface area contributed by atoms with Gasteiger partial charge in [-0.15, -0.1) is 0 Å². The number of ether oxygens (including phenoxy) is 1. The second-order valence-corrected chi connectivity index (χ2v) is 0.706. The maximum absolute atomic E-state index is 9.59. The molecule has 0 amide bonds. The van der Waals surface area contributed by atoms with Gasteiger partial charge in [-0.05, 0) is 0 Å². The van der Waals surface area contributed by atoms with Crippen LogP contribution in [0, 0.1) is 0 Å². The Bertz CT molecular complexity index is 74.9. The third kappa shape index (κ3) is 15.7. The van der Waals surface area contributed by atoms with Gasteiger partial charge in [-0.1, -0.05) is 0 Å². The summed E-state index contributed by atoms with van der Waals surface area (Å²) in [5.74, 6) is -0.579. The first kappa shape index (κ1) is 16.1.